The average molecular weight is 282 g/mol. The first-order valence-electron chi connectivity index (χ1n) is 7.17. The van der Waals surface area contributed by atoms with Gasteiger partial charge in [-0.05, 0) is 22.6 Å². The van der Waals surface area contributed by atoms with E-state index in [0.29, 0.717) is 11.6 Å². The highest BCUT2D eigenvalue weighted by atomic mass is 16.6. The van der Waals surface area contributed by atoms with Gasteiger partial charge in [0.05, 0.1) is 4.92 Å². The lowest BCUT2D eigenvalue weighted by atomic mass is 9.84. The van der Waals surface area contributed by atoms with Crippen molar-refractivity contribution in [2.75, 3.05) is 5.32 Å². The van der Waals surface area contributed by atoms with Crippen LogP contribution in [0.2, 0.25) is 0 Å². The molecule has 0 aromatic heterocycles. The second-order valence-corrected chi connectivity index (χ2v) is 5.81. The number of nitro benzene ring substituents is 1. The van der Waals surface area contributed by atoms with E-state index >= 15 is 0 Å². The van der Waals surface area contributed by atoms with Crippen LogP contribution in [0.1, 0.15) is 49.3 Å². The molecule has 0 bridgehead atoms. The number of nitro groups is 1. The van der Waals surface area contributed by atoms with Gasteiger partial charge in [-0.1, -0.05) is 51.1 Å². The van der Waals surface area contributed by atoms with Crippen molar-refractivity contribution in [1.29, 1.82) is 0 Å². The second kappa shape index (κ2) is 4.88. The van der Waals surface area contributed by atoms with E-state index in [9.17, 15) is 10.1 Å². The highest BCUT2D eigenvalue weighted by Crippen LogP contribution is 2.47. The molecule has 0 aliphatic carbocycles. The van der Waals surface area contributed by atoms with Gasteiger partial charge in [0.2, 0.25) is 0 Å². The maximum Gasteiger partial charge on any atom is 0.292 e. The van der Waals surface area contributed by atoms with E-state index < -0.39 is 0 Å². The molecule has 0 spiro atoms. The van der Waals surface area contributed by atoms with E-state index in [2.05, 4.69) is 44.3 Å². The van der Waals surface area contributed by atoms with E-state index in [1.54, 1.807) is 12.1 Å². The van der Waals surface area contributed by atoms with Crippen LogP contribution in [0.25, 0.3) is 0 Å². The minimum atomic E-state index is -0.318. The van der Waals surface area contributed by atoms with Crippen LogP contribution in [-0.2, 0) is 0 Å². The molecule has 21 heavy (non-hydrogen) atoms. The van der Waals surface area contributed by atoms with Crippen LogP contribution in [-0.4, -0.2) is 4.92 Å². The van der Waals surface area contributed by atoms with E-state index in [1.807, 2.05) is 6.07 Å². The molecule has 0 fully saturated rings. The Bertz CT molecular complexity index is 723. The summed E-state index contributed by atoms with van der Waals surface area (Å²) in [5.41, 5.74) is 5.19. The summed E-state index contributed by atoms with van der Waals surface area (Å²) >= 11 is 0. The Labute approximate surface area is 124 Å². The fourth-order valence-corrected chi connectivity index (χ4v) is 3.07. The Morgan fingerprint density at radius 2 is 1.71 bits per heavy atom. The van der Waals surface area contributed by atoms with Crippen LogP contribution in [0.5, 0.6) is 0 Å². The van der Waals surface area contributed by atoms with Crippen LogP contribution in [0.4, 0.5) is 17.1 Å². The molecule has 4 heteroatoms. The van der Waals surface area contributed by atoms with Crippen LogP contribution in [0.3, 0.4) is 0 Å². The molecule has 0 amide bonds. The maximum atomic E-state index is 11.3. The lowest BCUT2D eigenvalue weighted by Gasteiger charge is -2.29. The predicted octanol–water partition coefficient (Wildman–Crippen LogP) is 4.93. The Kier molecular flexibility index (Phi) is 3.16. The molecule has 1 N–H and O–H groups in total. The quantitative estimate of drug-likeness (QED) is 0.627. The number of benzene rings is 2. The Morgan fingerprint density at radius 1 is 1.10 bits per heavy atom. The number of fused-ring (bicyclic) bond motifs is 2. The molecule has 1 atom stereocenters. The zero-order chi connectivity index (χ0) is 15.1. The number of para-hydroxylation sites is 2. The molecular formula is C17H18N2O2. The number of nitrogens with one attached hydrogen (secondary N) is 1. The van der Waals surface area contributed by atoms with Crippen molar-refractivity contribution in [2.24, 2.45) is 0 Å². The van der Waals surface area contributed by atoms with Gasteiger partial charge in [0.15, 0.2) is 0 Å². The third-order valence-electron chi connectivity index (χ3n) is 4.21. The minimum Gasteiger partial charge on any atom is -0.349 e. The van der Waals surface area contributed by atoms with Gasteiger partial charge < -0.3 is 5.32 Å². The molecule has 0 radical (unpaired) electrons. The lowest BCUT2D eigenvalue weighted by Crippen LogP contribution is -2.14. The molecule has 108 valence electrons. The average Bonchev–Trinajstić information content (AvgIpc) is 2.46. The third-order valence-corrected chi connectivity index (χ3v) is 4.21. The first kappa shape index (κ1) is 13.6. The summed E-state index contributed by atoms with van der Waals surface area (Å²) in [4.78, 5) is 11.0. The summed E-state index contributed by atoms with van der Waals surface area (Å²) < 4.78 is 0. The van der Waals surface area contributed by atoms with Crippen molar-refractivity contribution in [1.82, 2.24) is 0 Å². The van der Waals surface area contributed by atoms with Crippen LogP contribution in [0, 0.1) is 10.1 Å². The highest BCUT2D eigenvalue weighted by molar-refractivity contribution is 5.82. The van der Waals surface area contributed by atoms with Crippen molar-refractivity contribution in [3.05, 3.63) is 63.2 Å². The van der Waals surface area contributed by atoms with E-state index in [4.69, 9.17) is 0 Å². The van der Waals surface area contributed by atoms with Gasteiger partial charge >= 0.3 is 0 Å². The second-order valence-electron chi connectivity index (χ2n) is 5.81. The molecule has 1 aliphatic rings. The van der Waals surface area contributed by atoms with Gasteiger partial charge in [-0.3, -0.25) is 10.1 Å². The zero-order valence-corrected chi connectivity index (χ0v) is 12.4. The van der Waals surface area contributed by atoms with Gasteiger partial charge in [-0.25, -0.2) is 0 Å². The van der Waals surface area contributed by atoms with Crippen LogP contribution < -0.4 is 5.32 Å². The SMILES string of the molecule is CC(C)c1cccc2c1Nc1c(cccc1[N+](=O)[O-])C2C. The van der Waals surface area contributed by atoms with Gasteiger partial charge in [0, 0.05) is 17.7 Å². The zero-order valence-electron chi connectivity index (χ0n) is 12.4. The fraction of sp³-hybridized carbons (Fsp3) is 0.294. The summed E-state index contributed by atoms with van der Waals surface area (Å²) in [5, 5.41) is 14.6. The molecule has 2 aromatic carbocycles. The number of anilines is 2. The number of hydrogen-bond donors (Lipinski definition) is 1. The molecule has 0 saturated heterocycles. The normalized spacial score (nSPS) is 16.1. The molecule has 1 unspecified atom stereocenters. The van der Waals surface area contributed by atoms with Crippen LogP contribution >= 0.6 is 0 Å². The predicted molar refractivity (Wildman–Crippen MR) is 84.4 cm³/mol. The number of hydrogen-bond acceptors (Lipinski definition) is 3. The number of nitrogens with zero attached hydrogens (tertiary/aromatic N) is 1. The topological polar surface area (TPSA) is 55.2 Å². The molecule has 3 rings (SSSR count). The first-order chi connectivity index (χ1) is 10.0. The molecule has 1 aliphatic heterocycles. The minimum absolute atomic E-state index is 0.142. The Hall–Kier alpha value is -2.36. The van der Waals surface area contributed by atoms with Gasteiger partial charge in [0.25, 0.3) is 5.69 Å². The lowest BCUT2D eigenvalue weighted by molar-refractivity contribution is -0.384. The molecule has 1 heterocycles. The standard InChI is InChI=1S/C17H18N2O2/c1-10(2)12-6-4-7-13-11(3)14-8-5-9-15(19(20)21)17(14)18-16(12)13/h4-11,18H,1-3H3. The summed E-state index contributed by atoms with van der Waals surface area (Å²) in [6.45, 7) is 6.38. The monoisotopic (exact) mass is 282 g/mol. The highest BCUT2D eigenvalue weighted by Gasteiger charge is 2.29. The summed E-state index contributed by atoms with van der Waals surface area (Å²) in [6.07, 6.45) is 0. The summed E-state index contributed by atoms with van der Waals surface area (Å²) in [7, 11) is 0. The van der Waals surface area contributed by atoms with E-state index in [-0.39, 0.29) is 16.5 Å². The first-order valence-corrected chi connectivity index (χ1v) is 7.17. The van der Waals surface area contributed by atoms with Crippen molar-refractivity contribution in [3.8, 4) is 0 Å². The molecule has 0 saturated carbocycles. The van der Waals surface area contributed by atoms with Crippen molar-refractivity contribution in [3.63, 3.8) is 0 Å². The van der Waals surface area contributed by atoms with Gasteiger partial charge in [-0.2, -0.15) is 0 Å². The largest absolute Gasteiger partial charge is 0.349 e. The fourth-order valence-electron chi connectivity index (χ4n) is 3.07. The third kappa shape index (κ3) is 2.07. The summed E-state index contributed by atoms with van der Waals surface area (Å²) in [6, 6.07) is 11.5. The Morgan fingerprint density at radius 3 is 2.33 bits per heavy atom. The molecule has 2 aromatic rings. The van der Waals surface area contributed by atoms with Crippen LogP contribution in [0.15, 0.2) is 36.4 Å². The van der Waals surface area contributed by atoms with Gasteiger partial charge in [-0.15, -0.1) is 0 Å². The molecule has 4 nitrogen and oxygen atoms in total. The van der Waals surface area contributed by atoms with Crippen molar-refractivity contribution < 1.29 is 4.92 Å². The Balaban J connectivity index is 2.23. The summed E-state index contributed by atoms with van der Waals surface area (Å²) in [5.74, 6) is 0.513. The van der Waals surface area contributed by atoms with E-state index in [1.165, 1.54) is 11.1 Å². The smallest absolute Gasteiger partial charge is 0.292 e. The molecular weight excluding hydrogens is 264 g/mol. The van der Waals surface area contributed by atoms with Crippen molar-refractivity contribution >= 4 is 17.1 Å². The number of rotatable bonds is 2. The van der Waals surface area contributed by atoms with Gasteiger partial charge in [0.1, 0.15) is 5.69 Å². The maximum absolute atomic E-state index is 11.3. The van der Waals surface area contributed by atoms with Crippen molar-refractivity contribution in [2.45, 2.75) is 32.6 Å². The van der Waals surface area contributed by atoms with E-state index in [0.717, 1.165) is 11.3 Å².